The van der Waals surface area contributed by atoms with Crippen LogP contribution in [0.25, 0.3) is 0 Å². The lowest BCUT2D eigenvalue weighted by Crippen LogP contribution is -2.34. The molecule has 1 N–H and O–H groups in total. The summed E-state index contributed by atoms with van der Waals surface area (Å²) in [6, 6.07) is 2.06. The van der Waals surface area contributed by atoms with E-state index in [4.69, 9.17) is 4.74 Å². The summed E-state index contributed by atoms with van der Waals surface area (Å²) >= 11 is 0. The second kappa shape index (κ2) is 6.44. The Labute approximate surface area is 130 Å². The monoisotopic (exact) mass is 310 g/mol. The van der Waals surface area contributed by atoms with Crippen molar-refractivity contribution in [2.24, 2.45) is 0 Å². The van der Waals surface area contributed by atoms with Gasteiger partial charge in [0.2, 0.25) is 5.88 Å². The van der Waals surface area contributed by atoms with Gasteiger partial charge in [0, 0.05) is 17.8 Å². The molecule has 1 aromatic heterocycles. The molecule has 1 saturated carbocycles. The van der Waals surface area contributed by atoms with Crippen molar-refractivity contribution in [1.29, 1.82) is 0 Å². The molecule has 0 saturated heterocycles. The molecular weight excluding hydrogens is 284 g/mol. The summed E-state index contributed by atoms with van der Waals surface area (Å²) in [5.74, 6) is 0.729. The number of nitrogens with one attached hydrogen (secondary N) is 1. The molecule has 0 aromatic carbocycles. The van der Waals surface area contributed by atoms with Gasteiger partial charge in [-0.3, -0.25) is 0 Å². The van der Waals surface area contributed by atoms with Crippen LogP contribution in [0.5, 0.6) is 5.88 Å². The molecule has 0 aliphatic heterocycles. The lowest BCUT2D eigenvalue weighted by atomic mass is 9.96. The van der Waals surface area contributed by atoms with E-state index < -0.39 is 11.0 Å². The van der Waals surface area contributed by atoms with Gasteiger partial charge in [0.1, 0.15) is 6.10 Å². The molecule has 5 heteroatoms. The molecule has 4 nitrogen and oxygen atoms in total. The van der Waals surface area contributed by atoms with Gasteiger partial charge in [0.15, 0.2) is 0 Å². The minimum Gasteiger partial charge on any atom is -0.474 e. The van der Waals surface area contributed by atoms with Crippen LogP contribution >= 0.6 is 0 Å². The molecule has 118 valence electrons. The van der Waals surface area contributed by atoms with E-state index in [1.165, 1.54) is 6.42 Å². The van der Waals surface area contributed by atoms with E-state index in [1.54, 1.807) is 0 Å². The van der Waals surface area contributed by atoms with Gasteiger partial charge in [0.05, 0.1) is 15.7 Å². The van der Waals surface area contributed by atoms with Gasteiger partial charge in [0.25, 0.3) is 0 Å². The number of ether oxygens (including phenoxy) is 1. The number of aromatic nitrogens is 1. The van der Waals surface area contributed by atoms with Gasteiger partial charge >= 0.3 is 0 Å². The SMILES string of the molecule is Cc1cc([C@@H](C)NS(=O)C(C)(C)C)cnc1OC1CCC1. The third kappa shape index (κ3) is 4.27. The van der Waals surface area contributed by atoms with Crippen LogP contribution in [0.3, 0.4) is 0 Å². The molecular formula is C16H26N2O2S. The first-order valence-electron chi connectivity index (χ1n) is 7.58. The molecule has 1 fully saturated rings. The first kappa shape index (κ1) is 16.4. The fraction of sp³-hybridized carbons (Fsp3) is 0.688. The van der Waals surface area contributed by atoms with Gasteiger partial charge in [-0.05, 0) is 65.5 Å². The molecule has 0 radical (unpaired) electrons. The Kier molecular flexibility index (Phi) is 5.04. The van der Waals surface area contributed by atoms with Gasteiger partial charge in [-0.2, -0.15) is 0 Å². The second-order valence-electron chi connectivity index (χ2n) is 6.78. The quantitative estimate of drug-likeness (QED) is 0.906. The summed E-state index contributed by atoms with van der Waals surface area (Å²) in [5, 5.41) is 0. The molecule has 1 unspecified atom stereocenters. The van der Waals surface area contributed by atoms with Crippen molar-refractivity contribution in [1.82, 2.24) is 9.71 Å². The van der Waals surface area contributed by atoms with Gasteiger partial charge in [-0.25, -0.2) is 13.9 Å². The molecule has 1 aliphatic rings. The predicted octanol–water partition coefficient (Wildman–Crippen LogP) is 3.43. The summed E-state index contributed by atoms with van der Waals surface area (Å²) < 4.78 is 20.9. The summed E-state index contributed by atoms with van der Waals surface area (Å²) in [5.41, 5.74) is 2.07. The van der Waals surface area contributed by atoms with E-state index in [9.17, 15) is 4.21 Å². The van der Waals surface area contributed by atoms with Gasteiger partial charge in [-0.15, -0.1) is 0 Å². The summed E-state index contributed by atoms with van der Waals surface area (Å²) in [6.07, 6.45) is 5.67. The molecule has 0 spiro atoms. The van der Waals surface area contributed by atoms with Crippen molar-refractivity contribution >= 4 is 11.0 Å². The minimum absolute atomic E-state index is 0.00555. The van der Waals surface area contributed by atoms with Crippen molar-refractivity contribution in [2.75, 3.05) is 0 Å². The van der Waals surface area contributed by atoms with Gasteiger partial charge < -0.3 is 4.74 Å². The fourth-order valence-corrected chi connectivity index (χ4v) is 2.81. The highest BCUT2D eigenvalue weighted by atomic mass is 32.2. The third-order valence-electron chi connectivity index (χ3n) is 3.72. The van der Waals surface area contributed by atoms with Crippen LogP contribution in [0.2, 0.25) is 0 Å². The number of pyridine rings is 1. The fourth-order valence-electron chi connectivity index (χ4n) is 2.00. The molecule has 0 amide bonds. The van der Waals surface area contributed by atoms with E-state index >= 15 is 0 Å². The van der Waals surface area contributed by atoms with E-state index in [1.807, 2.05) is 40.8 Å². The van der Waals surface area contributed by atoms with Crippen LogP contribution in [0.15, 0.2) is 12.3 Å². The average Bonchev–Trinajstić information content (AvgIpc) is 2.33. The smallest absolute Gasteiger partial charge is 0.216 e. The Morgan fingerprint density at radius 2 is 2.10 bits per heavy atom. The molecule has 2 atom stereocenters. The number of nitrogens with zero attached hydrogens (tertiary/aromatic N) is 1. The van der Waals surface area contributed by atoms with Crippen LogP contribution in [-0.4, -0.2) is 20.0 Å². The Morgan fingerprint density at radius 3 is 2.57 bits per heavy atom. The van der Waals surface area contributed by atoms with Crippen LogP contribution in [-0.2, 0) is 11.0 Å². The number of hydrogen-bond donors (Lipinski definition) is 1. The highest BCUT2D eigenvalue weighted by molar-refractivity contribution is 7.84. The number of rotatable bonds is 5. The van der Waals surface area contributed by atoms with E-state index in [-0.39, 0.29) is 10.8 Å². The molecule has 1 aliphatic carbocycles. The predicted molar refractivity (Wildman–Crippen MR) is 86.7 cm³/mol. The lowest BCUT2D eigenvalue weighted by Gasteiger charge is -2.27. The molecule has 2 rings (SSSR count). The van der Waals surface area contributed by atoms with Crippen molar-refractivity contribution in [3.8, 4) is 5.88 Å². The molecule has 21 heavy (non-hydrogen) atoms. The molecule has 1 aromatic rings. The first-order valence-corrected chi connectivity index (χ1v) is 8.73. The Morgan fingerprint density at radius 1 is 1.43 bits per heavy atom. The van der Waals surface area contributed by atoms with Crippen LogP contribution in [0.4, 0.5) is 0 Å². The highest BCUT2D eigenvalue weighted by Crippen LogP contribution is 2.27. The van der Waals surface area contributed by atoms with Gasteiger partial charge in [-0.1, -0.05) is 0 Å². The Hall–Kier alpha value is -0.940. The van der Waals surface area contributed by atoms with Crippen molar-refractivity contribution in [3.63, 3.8) is 0 Å². The number of hydrogen-bond acceptors (Lipinski definition) is 3. The van der Waals surface area contributed by atoms with Crippen molar-refractivity contribution in [2.45, 2.75) is 70.8 Å². The molecule has 0 bridgehead atoms. The van der Waals surface area contributed by atoms with E-state index in [2.05, 4.69) is 15.8 Å². The minimum atomic E-state index is -1.09. The highest BCUT2D eigenvalue weighted by Gasteiger charge is 2.23. The topological polar surface area (TPSA) is 51.2 Å². The van der Waals surface area contributed by atoms with Crippen LogP contribution < -0.4 is 9.46 Å². The summed E-state index contributed by atoms with van der Waals surface area (Å²) in [6.45, 7) is 9.90. The Balaban J connectivity index is 2.03. The lowest BCUT2D eigenvalue weighted by molar-refractivity contribution is 0.113. The van der Waals surface area contributed by atoms with E-state index in [0.29, 0.717) is 6.10 Å². The normalized spacial score (nSPS) is 18.9. The summed E-state index contributed by atoms with van der Waals surface area (Å²) in [4.78, 5) is 4.43. The zero-order chi connectivity index (χ0) is 15.6. The van der Waals surface area contributed by atoms with Crippen molar-refractivity contribution in [3.05, 3.63) is 23.4 Å². The maximum atomic E-state index is 12.1. The van der Waals surface area contributed by atoms with E-state index in [0.717, 1.165) is 29.8 Å². The average molecular weight is 310 g/mol. The van der Waals surface area contributed by atoms with Crippen molar-refractivity contribution < 1.29 is 8.95 Å². The largest absolute Gasteiger partial charge is 0.474 e. The van der Waals surface area contributed by atoms with Crippen LogP contribution in [0.1, 0.15) is 64.1 Å². The zero-order valence-electron chi connectivity index (χ0n) is 13.6. The van der Waals surface area contributed by atoms with Crippen LogP contribution in [0, 0.1) is 6.92 Å². The Bertz CT molecular complexity index is 521. The third-order valence-corrected chi connectivity index (χ3v) is 5.40. The second-order valence-corrected chi connectivity index (χ2v) is 8.78. The molecule has 1 heterocycles. The summed E-state index contributed by atoms with van der Waals surface area (Å²) in [7, 11) is -1.09. The standard InChI is InChI=1S/C16H26N2O2S/c1-11-9-13(12(2)18-21(19)16(3,4)5)10-17-15(11)20-14-7-6-8-14/h9-10,12,14,18H,6-8H2,1-5H3/t12-,21?/m1/s1. The zero-order valence-corrected chi connectivity index (χ0v) is 14.4. The maximum absolute atomic E-state index is 12.1. The first-order chi connectivity index (χ1) is 9.77. The number of aryl methyl sites for hydroxylation is 1. The maximum Gasteiger partial charge on any atom is 0.216 e.